The van der Waals surface area contributed by atoms with Crippen LogP contribution in [0.3, 0.4) is 0 Å². The van der Waals surface area contributed by atoms with E-state index in [1.54, 1.807) is 0 Å². The molecule has 1 heterocycles. The smallest absolute Gasteiger partial charge is 0.159 e. The van der Waals surface area contributed by atoms with E-state index < -0.39 is 0 Å². The summed E-state index contributed by atoms with van der Waals surface area (Å²) in [6.07, 6.45) is 3.72. The lowest BCUT2D eigenvalue weighted by Crippen LogP contribution is -2.02. The van der Waals surface area contributed by atoms with E-state index in [2.05, 4.69) is 24.3 Å². The average Bonchev–Trinajstić information content (AvgIpc) is 2.93. The second-order valence-corrected chi connectivity index (χ2v) is 5.18. The van der Waals surface area contributed by atoms with Crippen LogP contribution in [-0.4, -0.2) is 19.0 Å². The maximum atomic E-state index is 11.9. The molecule has 1 aliphatic carbocycles. The van der Waals surface area contributed by atoms with Crippen LogP contribution in [0.2, 0.25) is 0 Å². The number of rotatable bonds is 4. The molecule has 2 nitrogen and oxygen atoms in total. The predicted octanol–water partition coefficient (Wildman–Crippen LogP) is 2.93. The molecule has 0 radical (unpaired) electrons. The lowest BCUT2D eigenvalue weighted by molar-refractivity contribution is -0.115. The van der Waals surface area contributed by atoms with E-state index in [9.17, 15) is 4.79 Å². The highest BCUT2D eigenvalue weighted by molar-refractivity contribution is 5.99. The van der Waals surface area contributed by atoms with E-state index >= 15 is 0 Å². The van der Waals surface area contributed by atoms with Crippen molar-refractivity contribution in [1.29, 1.82) is 0 Å². The third-order valence-corrected chi connectivity index (χ3v) is 3.96. The monoisotopic (exact) mass is 242 g/mol. The van der Waals surface area contributed by atoms with Gasteiger partial charge in [-0.1, -0.05) is 30.3 Å². The summed E-state index contributed by atoms with van der Waals surface area (Å²) in [6, 6.07) is 10.5. The molecule has 0 unspecified atom stereocenters. The predicted molar refractivity (Wildman–Crippen MR) is 70.3 cm³/mol. The molecule has 94 valence electrons. The zero-order valence-corrected chi connectivity index (χ0v) is 10.5. The van der Waals surface area contributed by atoms with Gasteiger partial charge in [-0.3, -0.25) is 4.79 Å². The van der Waals surface area contributed by atoms with E-state index in [-0.39, 0.29) is 0 Å². The van der Waals surface area contributed by atoms with Crippen LogP contribution in [0.5, 0.6) is 0 Å². The Morgan fingerprint density at radius 1 is 1.17 bits per heavy atom. The SMILES string of the molecule is O=C1C[C@H]2COCC2=C1CCCc1ccccc1. The molecule has 1 saturated heterocycles. The molecule has 3 rings (SSSR count). The number of carbonyl (C=O) groups is 1. The van der Waals surface area contributed by atoms with Crippen LogP contribution < -0.4 is 0 Å². The standard InChI is InChI=1S/C16H18O2/c17-16-9-13-10-18-11-15(13)14(16)8-4-7-12-5-2-1-3-6-12/h1-3,5-6,13H,4,7-11H2/t13-/m0/s1. The maximum absolute atomic E-state index is 11.9. The van der Waals surface area contributed by atoms with Gasteiger partial charge in [-0.25, -0.2) is 0 Å². The Hall–Kier alpha value is -1.41. The molecule has 0 amide bonds. The second kappa shape index (κ2) is 5.07. The van der Waals surface area contributed by atoms with Gasteiger partial charge in [0.15, 0.2) is 5.78 Å². The van der Waals surface area contributed by atoms with Crippen LogP contribution in [0.25, 0.3) is 0 Å². The van der Waals surface area contributed by atoms with Crippen LogP contribution in [0.4, 0.5) is 0 Å². The molecule has 1 aromatic carbocycles. The Balaban J connectivity index is 1.60. The topological polar surface area (TPSA) is 26.3 Å². The summed E-state index contributed by atoms with van der Waals surface area (Å²) >= 11 is 0. The van der Waals surface area contributed by atoms with Gasteiger partial charge in [0.05, 0.1) is 13.2 Å². The van der Waals surface area contributed by atoms with Gasteiger partial charge in [0, 0.05) is 12.3 Å². The minimum absolute atomic E-state index is 0.367. The van der Waals surface area contributed by atoms with Crippen molar-refractivity contribution in [2.24, 2.45) is 5.92 Å². The van der Waals surface area contributed by atoms with Crippen LogP contribution in [-0.2, 0) is 16.0 Å². The van der Waals surface area contributed by atoms with E-state index in [1.165, 1.54) is 11.1 Å². The molecular weight excluding hydrogens is 224 g/mol. The van der Waals surface area contributed by atoms with Crippen molar-refractivity contribution >= 4 is 5.78 Å². The first-order valence-electron chi connectivity index (χ1n) is 6.71. The number of allylic oxidation sites excluding steroid dienone is 1. The van der Waals surface area contributed by atoms with E-state index in [0.717, 1.165) is 31.4 Å². The van der Waals surface area contributed by atoms with Crippen LogP contribution in [0, 0.1) is 5.92 Å². The van der Waals surface area contributed by atoms with Crippen molar-refractivity contribution < 1.29 is 9.53 Å². The first kappa shape index (κ1) is 11.7. The van der Waals surface area contributed by atoms with Gasteiger partial charge in [-0.15, -0.1) is 0 Å². The number of aryl methyl sites for hydroxylation is 1. The summed E-state index contributed by atoms with van der Waals surface area (Å²) in [4.78, 5) is 11.9. The zero-order chi connectivity index (χ0) is 12.4. The molecule has 2 aliphatic rings. The highest BCUT2D eigenvalue weighted by atomic mass is 16.5. The second-order valence-electron chi connectivity index (χ2n) is 5.18. The van der Waals surface area contributed by atoms with Crippen molar-refractivity contribution in [3.63, 3.8) is 0 Å². The summed E-state index contributed by atoms with van der Waals surface area (Å²) in [5.41, 5.74) is 3.73. The number of carbonyl (C=O) groups excluding carboxylic acids is 1. The molecule has 1 fully saturated rings. The molecule has 0 saturated carbocycles. The highest BCUT2D eigenvalue weighted by Gasteiger charge is 2.35. The first-order chi connectivity index (χ1) is 8.84. The molecule has 18 heavy (non-hydrogen) atoms. The fraction of sp³-hybridized carbons (Fsp3) is 0.438. The van der Waals surface area contributed by atoms with Crippen molar-refractivity contribution in [2.45, 2.75) is 25.7 Å². The van der Waals surface area contributed by atoms with E-state index in [0.29, 0.717) is 24.7 Å². The van der Waals surface area contributed by atoms with Gasteiger partial charge in [0.25, 0.3) is 0 Å². The molecule has 1 atom stereocenters. The Morgan fingerprint density at radius 3 is 2.83 bits per heavy atom. The summed E-state index contributed by atoms with van der Waals surface area (Å²) in [6.45, 7) is 1.44. The third-order valence-electron chi connectivity index (χ3n) is 3.96. The molecular formula is C16H18O2. The van der Waals surface area contributed by atoms with Crippen LogP contribution in [0.1, 0.15) is 24.8 Å². The number of fused-ring (bicyclic) bond motifs is 1. The molecule has 0 N–H and O–H groups in total. The Morgan fingerprint density at radius 2 is 2.00 bits per heavy atom. The quantitative estimate of drug-likeness (QED) is 0.811. The van der Waals surface area contributed by atoms with Crippen LogP contribution in [0.15, 0.2) is 41.5 Å². The van der Waals surface area contributed by atoms with Gasteiger partial charge < -0.3 is 4.74 Å². The summed E-state index contributed by atoms with van der Waals surface area (Å²) in [7, 11) is 0. The molecule has 0 spiro atoms. The lowest BCUT2D eigenvalue weighted by atomic mass is 10.0. The van der Waals surface area contributed by atoms with Crippen LogP contribution >= 0.6 is 0 Å². The van der Waals surface area contributed by atoms with Crippen molar-refractivity contribution in [2.75, 3.05) is 13.2 Å². The van der Waals surface area contributed by atoms with E-state index in [1.807, 2.05) is 6.07 Å². The van der Waals surface area contributed by atoms with Gasteiger partial charge in [-0.05, 0) is 36.0 Å². The number of ketones is 1. The number of hydrogen-bond donors (Lipinski definition) is 0. The fourth-order valence-electron chi connectivity index (χ4n) is 2.99. The Bertz CT molecular complexity index is 473. The van der Waals surface area contributed by atoms with E-state index in [4.69, 9.17) is 4.74 Å². The van der Waals surface area contributed by atoms with Gasteiger partial charge in [-0.2, -0.15) is 0 Å². The minimum Gasteiger partial charge on any atom is -0.376 e. The first-order valence-corrected chi connectivity index (χ1v) is 6.71. The Labute approximate surface area is 108 Å². The molecule has 2 heteroatoms. The largest absolute Gasteiger partial charge is 0.376 e. The van der Waals surface area contributed by atoms with Gasteiger partial charge >= 0.3 is 0 Å². The summed E-state index contributed by atoms with van der Waals surface area (Å²) in [5.74, 6) is 0.774. The summed E-state index contributed by atoms with van der Waals surface area (Å²) in [5, 5.41) is 0. The summed E-state index contributed by atoms with van der Waals surface area (Å²) < 4.78 is 5.44. The molecule has 0 bridgehead atoms. The third kappa shape index (κ3) is 2.25. The normalized spacial score (nSPS) is 22.7. The molecule has 1 aliphatic heterocycles. The van der Waals surface area contributed by atoms with Gasteiger partial charge in [0.2, 0.25) is 0 Å². The maximum Gasteiger partial charge on any atom is 0.159 e. The van der Waals surface area contributed by atoms with Crippen molar-refractivity contribution in [1.82, 2.24) is 0 Å². The average molecular weight is 242 g/mol. The number of hydrogen-bond acceptors (Lipinski definition) is 2. The highest BCUT2D eigenvalue weighted by Crippen LogP contribution is 2.36. The fourth-order valence-corrected chi connectivity index (χ4v) is 2.99. The van der Waals surface area contributed by atoms with Crippen molar-refractivity contribution in [3.05, 3.63) is 47.0 Å². The molecule has 0 aromatic heterocycles. The minimum atomic E-state index is 0.367. The van der Waals surface area contributed by atoms with Gasteiger partial charge in [0.1, 0.15) is 0 Å². The zero-order valence-electron chi connectivity index (χ0n) is 10.5. The van der Waals surface area contributed by atoms with Crippen molar-refractivity contribution in [3.8, 4) is 0 Å². The number of Topliss-reactive ketones (excluding diaryl/α,β-unsaturated/α-hetero) is 1. The Kier molecular flexibility index (Phi) is 3.28. The lowest BCUT2D eigenvalue weighted by Gasteiger charge is -2.04. The number of ether oxygens (including phenoxy) is 1. The molecule has 1 aromatic rings. The number of benzene rings is 1.